The van der Waals surface area contributed by atoms with Crippen LogP contribution >= 0.6 is 0 Å². The van der Waals surface area contributed by atoms with Crippen molar-refractivity contribution in [1.29, 1.82) is 0 Å². The Morgan fingerprint density at radius 1 is 1.17 bits per heavy atom. The van der Waals surface area contributed by atoms with Gasteiger partial charge < -0.3 is 5.32 Å². The summed E-state index contributed by atoms with van der Waals surface area (Å²) < 4.78 is 0. The van der Waals surface area contributed by atoms with Crippen molar-refractivity contribution in [3.8, 4) is 0 Å². The Kier molecular flexibility index (Phi) is 2.92. The third kappa shape index (κ3) is 2.06. The van der Waals surface area contributed by atoms with Gasteiger partial charge in [-0.2, -0.15) is 0 Å². The number of amides is 1. The number of benzene rings is 1. The summed E-state index contributed by atoms with van der Waals surface area (Å²) >= 11 is 0. The van der Waals surface area contributed by atoms with E-state index in [-0.39, 0.29) is 5.91 Å². The Labute approximate surface area is 105 Å². The smallest absolute Gasteiger partial charge is 0.270 e. The van der Waals surface area contributed by atoms with Gasteiger partial charge in [-0.15, -0.1) is 0 Å². The van der Waals surface area contributed by atoms with Crippen LogP contribution in [-0.2, 0) is 0 Å². The zero-order valence-corrected chi connectivity index (χ0v) is 10.1. The molecule has 0 radical (unpaired) electrons. The second-order valence-electron chi connectivity index (χ2n) is 4.69. The second kappa shape index (κ2) is 4.72. The molecule has 3 rings (SSSR count). The van der Waals surface area contributed by atoms with Crippen molar-refractivity contribution in [3.63, 3.8) is 0 Å². The van der Waals surface area contributed by atoms with Crippen LogP contribution in [0.1, 0.15) is 36.2 Å². The van der Waals surface area contributed by atoms with Gasteiger partial charge in [0.25, 0.3) is 5.91 Å². The van der Waals surface area contributed by atoms with E-state index in [1.54, 1.807) is 0 Å². The topological polar surface area (TPSA) is 54.9 Å². The first kappa shape index (κ1) is 11.1. The van der Waals surface area contributed by atoms with Gasteiger partial charge in [0.05, 0.1) is 5.52 Å². The van der Waals surface area contributed by atoms with Crippen LogP contribution in [0.25, 0.3) is 10.9 Å². The normalized spacial score (nSPS) is 16.0. The van der Waals surface area contributed by atoms with Crippen LogP contribution in [0.5, 0.6) is 0 Å². The minimum atomic E-state index is -0.0829. The largest absolute Gasteiger partial charge is 0.348 e. The number of carbonyl (C=O) groups is 1. The SMILES string of the molecule is O=C(NC1CCCC1)c1ncnc2ccccc12. The van der Waals surface area contributed by atoms with Gasteiger partial charge >= 0.3 is 0 Å². The molecule has 0 bridgehead atoms. The summed E-state index contributed by atoms with van der Waals surface area (Å²) in [6, 6.07) is 7.90. The monoisotopic (exact) mass is 241 g/mol. The number of aromatic nitrogens is 2. The summed E-state index contributed by atoms with van der Waals surface area (Å²) in [7, 11) is 0. The standard InChI is InChI=1S/C14H15N3O/c18-14(17-10-5-1-2-6-10)13-11-7-3-4-8-12(11)15-9-16-13/h3-4,7-10H,1-2,5-6H2,(H,17,18). The maximum absolute atomic E-state index is 12.2. The van der Waals surface area contributed by atoms with Crippen molar-refractivity contribution in [1.82, 2.24) is 15.3 Å². The van der Waals surface area contributed by atoms with Crippen molar-refractivity contribution in [3.05, 3.63) is 36.3 Å². The van der Waals surface area contributed by atoms with Crippen LogP contribution in [0.2, 0.25) is 0 Å². The molecule has 1 amide bonds. The van der Waals surface area contributed by atoms with Gasteiger partial charge in [0.1, 0.15) is 12.0 Å². The lowest BCUT2D eigenvalue weighted by Gasteiger charge is -2.12. The van der Waals surface area contributed by atoms with Gasteiger partial charge in [0, 0.05) is 11.4 Å². The zero-order valence-electron chi connectivity index (χ0n) is 10.1. The van der Waals surface area contributed by atoms with E-state index in [1.807, 2.05) is 24.3 Å². The first-order valence-electron chi connectivity index (χ1n) is 6.35. The lowest BCUT2D eigenvalue weighted by molar-refractivity contribution is 0.0934. The number of nitrogens with one attached hydrogen (secondary N) is 1. The highest BCUT2D eigenvalue weighted by molar-refractivity contribution is 6.04. The van der Waals surface area contributed by atoms with Crippen LogP contribution in [0.15, 0.2) is 30.6 Å². The van der Waals surface area contributed by atoms with Gasteiger partial charge in [-0.25, -0.2) is 9.97 Å². The number of hydrogen-bond acceptors (Lipinski definition) is 3. The quantitative estimate of drug-likeness (QED) is 0.877. The van der Waals surface area contributed by atoms with Crippen molar-refractivity contribution in [2.45, 2.75) is 31.7 Å². The summed E-state index contributed by atoms with van der Waals surface area (Å²) in [5.74, 6) is -0.0829. The van der Waals surface area contributed by atoms with E-state index in [1.165, 1.54) is 19.2 Å². The molecule has 1 fully saturated rings. The molecule has 4 heteroatoms. The molecule has 1 aliphatic carbocycles. The molecule has 1 saturated carbocycles. The number of nitrogens with zero attached hydrogens (tertiary/aromatic N) is 2. The van der Waals surface area contributed by atoms with Gasteiger partial charge in [0.2, 0.25) is 0 Å². The van der Waals surface area contributed by atoms with Gasteiger partial charge in [0.15, 0.2) is 0 Å². The van der Waals surface area contributed by atoms with E-state index in [0.29, 0.717) is 11.7 Å². The van der Waals surface area contributed by atoms with E-state index < -0.39 is 0 Å². The molecular formula is C14H15N3O. The van der Waals surface area contributed by atoms with Crippen LogP contribution in [0, 0.1) is 0 Å². The zero-order chi connectivity index (χ0) is 12.4. The number of fused-ring (bicyclic) bond motifs is 1. The van der Waals surface area contributed by atoms with Gasteiger partial charge in [-0.05, 0) is 18.9 Å². The Hall–Kier alpha value is -1.97. The fourth-order valence-electron chi connectivity index (χ4n) is 2.51. The number of para-hydroxylation sites is 1. The minimum absolute atomic E-state index is 0.0829. The maximum Gasteiger partial charge on any atom is 0.270 e. The highest BCUT2D eigenvalue weighted by atomic mass is 16.1. The molecule has 1 heterocycles. The Morgan fingerprint density at radius 3 is 2.78 bits per heavy atom. The average molecular weight is 241 g/mol. The number of rotatable bonds is 2. The summed E-state index contributed by atoms with van der Waals surface area (Å²) in [6.45, 7) is 0. The molecule has 0 aliphatic heterocycles. The molecule has 92 valence electrons. The Bertz CT molecular complexity index is 571. The molecule has 1 aromatic heterocycles. The van der Waals surface area contributed by atoms with Crippen LogP contribution in [0.3, 0.4) is 0 Å². The summed E-state index contributed by atoms with van der Waals surface area (Å²) in [4.78, 5) is 20.5. The lowest BCUT2D eigenvalue weighted by Crippen LogP contribution is -2.33. The summed E-state index contributed by atoms with van der Waals surface area (Å²) in [5, 5.41) is 3.87. The molecule has 1 aliphatic rings. The van der Waals surface area contributed by atoms with Crippen molar-refractivity contribution in [2.24, 2.45) is 0 Å². The Balaban J connectivity index is 1.91. The molecule has 0 atom stereocenters. The molecule has 18 heavy (non-hydrogen) atoms. The highest BCUT2D eigenvalue weighted by Crippen LogP contribution is 2.19. The van der Waals surface area contributed by atoms with E-state index >= 15 is 0 Å². The number of hydrogen-bond donors (Lipinski definition) is 1. The first-order valence-corrected chi connectivity index (χ1v) is 6.35. The van der Waals surface area contributed by atoms with Crippen LogP contribution < -0.4 is 5.32 Å². The fourth-order valence-corrected chi connectivity index (χ4v) is 2.51. The highest BCUT2D eigenvalue weighted by Gasteiger charge is 2.19. The third-order valence-corrected chi connectivity index (χ3v) is 3.45. The Morgan fingerprint density at radius 2 is 1.94 bits per heavy atom. The van der Waals surface area contributed by atoms with E-state index in [0.717, 1.165) is 23.7 Å². The maximum atomic E-state index is 12.2. The molecule has 0 unspecified atom stereocenters. The summed E-state index contributed by atoms with van der Waals surface area (Å²) in [5.41, 5.74) is 1.29. The predicted octanol–water partition coefficient (Wildman–Crippen LogP) is 2.30. The van der Waals surface area contributed by atoms with E-state index in [2.05, 4.69) is 15.3 Å². The van der Waals surface area contributed by atoms with E-state index in [9.17, 15) is 4.79 Å². The second-order valence-corrected chi connectivity index (χ2v) is 4.69. The van der Waals surface area contributed by atoms with Crippen LogP contribution in [-0.4, -0.2) is 21.9 Å². The molecule has 1 N–H and O–H groups in total. The van der Waals surface area contributed by atoms with Crippen molar-refractivity contribution >= 4 is 16.8 Å². The first-order chi connectivity index (χ1) is 8.84. The average Bonchev–Trinajstić information content (AvgIpc) is 2.91. The minimum Gasteiger partial charge on any atom is -0.348 e. The number of carbonyl (C=O) groups excluding carboxylic acids is 1. The third-order valence-electron chi connectivity index (χ3n) is 3.45. The van der Waals surface area contributed by atoms with Crippen molar-refractivity contribution < 1.29 is 4.79 Å². The molecule has 4 nitrogen and oxygen atoms in total. The molecular weight excluding hydrogens is 226 g/mol. The van der Waals surface area contributed by atoms with E-state index in [4.69, 9.17) is 0 Å². The van der Waals surface area contributed by atoms with Crippen molar-refractivity contribution in [2.75, 3.05) is 0 Å². The molecule has 1 aromatic carbocycles. The molecule has 2 aromatic rings. The fraction of sp³-hybridized carbons (Fsp3) is 0.357. The van der Waals surface area contributed by atoms with Crippen LogP contribution in [0.4, 0.5) is 0 Å². The van der Waals surface area contributed by atoms with Gasteiger partial charge in [-0.1, -0.05) is 31.0 Å². The molecule has 0 saturated heterocycles. The lowest BCUT2D eigenvalue weighted by atomic mass is 10.1. The summed E-state index contributed by atoms with van der Waals surface area (Å²) in [6.07, 6.45) is 6.01. The molecule has 0 spiro atoms. The predicted molar refractivity (Wildman–Crippen MR) is 69.3 cm³/mol. The van der Waals surface area contributed by atoms with Gasteiger partial charge in [-0.3, -0.25) is 4.79 Å².